The smallest absolute Gasteiger partial charge is 0.351 e. The third-order valence-electron chi connectivity index (χ3n) is 4.08. The van der Waals surface area contributed by atoms with Gasteiger partial charge in [-0.15, -0.1) is 0 Å². The van der Waals surface area contributed by atoms with Crippen LogP contribution in [0.5, 0.6) is 5.75 Å². The summed E-state index contributed by atoms with van der Waals surface area (Å²) in [6.07, 6.45) is 0. The molecular weight excluding hydrogens is 384 g/mol. The Morgan fingerprint density at radius 1 is 1.14 bits per heavy atom. The number of methoxy groups -OCH3 is 1. The van der Waals surface area contributed by atoms with Gasteiger partial charge >= 0.3 is 5.69 Å². The molecule has 0 unspecified atom stereocenters. The normalized spacial score (nSPS) is 10.6. The molecule has 0 aliphatic heterocycles. The summed E-state index contributed by atoms with van der Waals surface area (Å²) in [5.41, 5.74) is -0.0885. The molecule has 0 saturated carbocycles. The van der Waals surface area contributed by atoms with Gasteiger partial charge in [-0.2, -0.15) is 9.78 Å². The molecule has 1 amide bonds. The highest BCUT2D eigenvalue weighted by atomic mass is 35.5. The molecule has 1 aromatic heterocycles. The highest BCUT2D eigenvalue weighted by Gasteiger charge is 2.19. The summed E-state index contributed by atoms with van der Waals surface area (Å²) in [5.74, 6) is -0.315. The third-order valence-corrected chi connectivity index (χ3v) is 4.37. The van der Waals surface area contributed by atoms with Crippen LogP contribution in [0.3, 0.4) is 0 Å². The van der Waals surface area contributed by atoms with Crippen molar-refractivity contribution in [3.63, 3.8) is 0 Å². The van der Waals surface area contributed by atoms with Crippen molar-refractivity contribution in [1.82, 2.24) is 14.3 Å². The van der Waals surface area contributed by atoms with Gasteiger partial charge in [0.15, 0.2) is 0 Å². The summed E-state index contributed by atoms with van der Waals surface area (Å²) in [4.78, 5) is 37.5. The Morgan fingerprint density at radius 2 is 1.82 bits per heavy atom. The molecule has 0 spiro atoms. The van der Waals surface area contributed by atoms with Crippen LogP contribution in [0.2, 0.25) is 5.02 Å². The molecule has 3 rings (SSSR count). The van der Waals surface area contributed by atoms with Crippen molar-refractivity contribution < 1.29 is 9.53 Å². The lowest BCUT2D eigenvalue weighted by Gasteiger charge is -2.11. The SMILES string of the molecule is COc1ccc(NC(=O)c2nn(-c3ccc(C)cc3)c(=O)n(C)c2=O)cc1Cl. The first-order valence-corrected chi connectivity index (χ1v) is 8.62. The molecule has 0 saturated heterocycles. The molecule has 0 aliphatic carbocycles. The summed E-state index contributed by atoms with van der Waals surface area (Å²) >= 11 is 6.05. The van der Waals surface area contributed by atoms with Crippen LogP contribution in [0.25, 0.3) is 5.69 Å². The van der Waals surface area contributed by atoms with Crippen molar-refractivity contribution >= 4 is 23.2 Å². The fourth-order valence-electron chi connectivity index (χ4n) is 2.50. The maximum absolute atomic E-state index is 12.6. The van der Waals surface area contributed by atoms with E-state index in [1.165, 1.54) is 20.2 Å². The van der Waals surface area contributed by atoms with E-state index in [0.717, 1.165) is 14.8 Å². The first-order chi connectivity index (χ1) is 13.3. The first kappa shape index (κ1) is 19.4. The molecule has 28 heavy (non-hydrogen) atoms. The van der Waals surface area contributed by atoms with Gasteiger partial charge < -0.3 is 10.1 Å². The Bertz CT molecular complexity index is 1170. The van der Waals surface area contributed by atoms with Gasteiger partial charge in [0.2, 0.25) is 5.69 Å². The van der Waals surface area contributed by atoms with Crippen LogP contribution in [0, 0.1) is 6.92 Å². The second-order valence-corrected chi connectivity index (χ2v) is 6.45. The minimum atomic E-state index is -0.800. The van der Waals surface area contributed by atoms with Crippen LogP contribution in [0.1, 0.15) is 16.1 Å². The first-order valence-electron chi connectivity index (χ1n) is 8.24. The van der Waals surface area contributed by atoms with E-state index in [0.29, 0.717) is 22.1 Å². The van der Waals surface area contributed by atoms with Crippen LogP contribution in [0.15, 0.2) is 52.1 Å². The molecule has 2 aromatic carbocycles. The Labute approximate surface area is 165 Å². The van der Waals surface area contributed by atoms with Gasteiger partial charge in [0.05, 0.1) is 17.8 Å². The topological polar surface area (TPSA) is 95.2 Å². The number of aromatic nitrogens is 3. The predicted molar refractivity (Wildman–Crippen MR) is 106 cm³/mol. The van der Waals surface area contributed by atoms with Gasteiger partial charge in [-0.25, -0.2) is 4.79 Å². The Hall–Kier alpha value is -3.39. The molecular formula is C19H17ClN4O4. The van der Waals surface area contributed by atoms with Crippen LogP contribution >= 0.6 is 11.6 Å². The van der Waals surface area contributed by atoms with E-state index in [2.05, 4.69) is 10.4 Å². The summed E-state index contributed by atoms with van der Waals surface area (Å²) in [6, 6.07) is 11.6. The standard InChI is InChI=1S/C19H17ClN4O4/c1-11-4-7-13(8-5-11)24-19(27)23(2)18(26)16(22-24)17(25)21-12-6-9-15(28-3)14(20)10-12/h4-10H,1-3H3,(H,21,25). The lowest BCUT2D eigenvalue weighted by Crippen LogP contribution is -2.43. The molecule has 0 bridgehead atoms. The van der Waals surface area contributed by atoms with Crippen molar-refractivity contribution in [3.05, 3.63) is 79.6 Å². The summed E-state index contributed by atoms with van der Waals surface area (Å²) in [6.45, 7) is 1.90. The van der Waals surface area contributed by atoms with E-state index in [1.807, 2.05) is 6.92 Å². The number of anilines is 1. The van der Waals surface area contributed by atoms with Crippen molar-refractivity contribution in [3.8, 4) is 11.4 Å². The van der Waals surface area contributed by atoms with Gasteiger partial charge in [-0.3, -0.25) is 14.2 Å². The average molecular weight is 401 g/mol. The fourth-order valence-corrected chi connectivity index (χ4v) is 2.76. The molecule has 144 valence electrons. The Morgan fingerprint density at radius 3 is 2.43 bits per heavy atom. The third kappa shape index (κ3) is 3.67. The number of nitrogens with one attached hydrogen (secondary N) is 1. The number of amides is 1. The van der Waals surface area contributed by atoms with Gasteiger partial charge in [-0.1, -0.05) is 29.3 Å². The van der Waals surface area contributed by atoms with E-state index in [-0.39, 0.29) is 0 Å². The summed E-state index contributed by atoms with van der Waals surface area (Å²) < 4.78 is 6.91. The summed E-state index contributed by atoms with van der Waals surface area (Å²) in [7, 11) is 2.76. The average Bonchev–Trinajstić information content (AvgIpc) is 2.67. The van der Waals surface area contributed by atoms with Crippen LogP contribution in [0.4, 0.5) is 5.69 Å². The summed E-state index contributed by atoms with van der Waals surface area (Å²) in [5, 5.41) is 6.84. The Balaban J connectivity index is 2.02. The Kier molecular flexibility index (Phi) is 5.32. The van der Waals surface area contributed by atoms with Gasteiger partial charge in [-0.05, 0) is 37.3 Å². The number of benzene rings is 2. The van der Waals surface area contributed by atoms with Crippen molar-refractivity contribution in [2.45, 2.75) is 6.92 Å². The maximum atomic E-state index is 12.6. The minimum Gasteiger partial charge on any atom is -0.495 e. The minimum absolute atomic E-state index is 0.297. The number of rotatable bonds is 4. The van der Waals surface area contributed by atoms with Crippen molar-refractivity contribution in [2.75, 3.05) is 12.4 Å². The number of hydrogen-bond donors (Lipinski definition) is 1. The second-order valence-electron chi connectivity index (χ2n) is 6.05. The molecule has 3 aromatic rings. The molecule has 0 aliphatic rings. The predicted octanol–water partition coefficient (Wildman–Crippen LogP) is 2.15. The number of hydrogen-bond acceptors (Lipinski definition) is 5. The van der Waals surface area contributed by atoms with E-state index in [1.54, 1.807) is 36.4 Å². The highest BCUT2D eigenvalue weighted by Crippen LogP contribution is 2.27. The lowest BCUT2D eigenvalue weighted by atomic mass is 10.2. The zero-order chi connectivity index (χ0) is 20.4. The van der Waals surface area contributed by atoms with Crippen LogP contribution in [-0.4, -0.2) is 27.4 Å². The van der Waals surface area contributed by atoms with E-state index < -0.39 is 22.9 Å². The largest absolute Gasteiger partial charge is 0.495 e. The monoisotopic (exact) mass is 400 g/mol. The zero-order valence-corrected chi connectivity index (χ0v) is 16.1. The second kappa shape index (κ2) is 7.69. The number of halogens is 1. The van der Waals surface area contributed by atoms with E-state index in [9.17, 15) is 14.4 Å². The molecule has 0 radical (unpaired) electrons. The van der Waals surface area contributed by atoms with Crippen molar-refractivity contribution in [2.24, 2.45) is 7.05 Å². The van der Waals surface area contributed by atoms with Crippen molar-refractivity contribution in [1.29, 1.82) is 0 Å². The molecule has 1 N–H and O–H groups in total. The molecule has 0 fully saturated rings. The number of nitrogens with zero attached hydrogens (tertiary/aromatic N) is 3. The number of carbonyl (C=O) groups excluding carboxylic acids is 1. The number of aryl methyl sites for hydroxylation is 1. The van der Waals surface area contributed by atoms with Crippen LogP contribution < -0.4 is 21.3 Å². The zero-order valence-electron chi connectivity index (χ0n) is 15.4. The van der Waals surface area contributed by atoms with E-state index >= 15 is 0 Å². The molecule has 8 nitrogen and oxygen atoms in total. The number of carbonyl (C=O) groups is 1. The fraction of sp³-hybridized carbons (Fsp3) is 0.158. The molecule has 9 heteroatoms. The van der Waals surface area contributed by atoms with Gasteiger partial charge in [0.1, 0.15) is 5.75 Å². The quantitative estimate of drug-likeness (QED) is 0.724. The molecule has 1 heterocycles. The van der Waals surface area contributed by atoms with E-state index in [4.69, 9.17) is 16.3 Å². The maximum Gasteiger partial charge on any atom is 0.351 e. The molecule has 0 atom stereocenters. The van der Waals surface area contributed by atoms with Gasteiger partial charge in [0, 0.05) is 12.7 Å². The number of ether oxygens (including phenoxy) is 1. The highest BCUT2D eigenvalue weighted by molar-refractivity contribution is 6.32. The van der Waals surface area contributed by atoms with Crippen LogP contribution in [-0.2, 0) is 7.05 Å². The van der Waals surface area contributed by atoms with Gasteiger partial charge in [0.25, 0.3) is 11.5 Å². The lowest BCUT2D eigenvalue weighted by molar-refractivity contribution is 0.101.